The highest BCUT2D eigenvalue weighted by molar-refractivity contribution is 7.90. The molecule has 0 aliphatic rings. The Morgan fingerprint density at radius 2 is 1.71 bits per heavy atom. The van der Waals surface area contributed by atoms with Gasteiger partial charge in [0.1, 0.15) is 0 Å². The quantitative estimate of drug-likeness (QED) is 0.725. The molecule has 0 amide bonds. The molecule has 2 aromatic carbocycles. The summed E-state index contributed by atoms with van der Waals surface area (Å²) in [6, 6.07) is 10.2. The second-order valence-corrected chi connectivity index (χ2v) is 7.08. The zero-order valence-corrected chi connectivity index (χ0v) is 13.1. The second-order valence-electron chi connectivity index (χ2n) is 4.93. The Kier molecular flexibility index (Phi) is 3.26. The zero-order chi connectivity index (χ0) is 15.2. The predicted octanol–water partition coefficient (Wildman–Crippen LogP) is 3.54. The summed E-state index contributed by atoms with van der Waals surface area (Å²) in [6.07, 6.45) is 1.48. The summed E-state index contributed by atoms with van der Waals surface area (Å²) in [5.41, 5.74) is 2.36. The van der Waals surface area contributed by atoms with E-state index in [1.165, 1.54) is 6.20 Å². The van der Waals surface area contributed by atoms with Crippen molar-refractivity contribution in [3.8, 4) is 0 Å². The van der Waals surface area contributed by atoms with Crippen molar-refractivity contribution >= 4 is 32.5 Å². The van der Waals surface area contributed by atoms with Crippen LogP contribution in [0.5, 0.6) is 0 Å². The first kappa shape index (κ1) is 14.1. The van der Waals surface area contributed by atoms with Crippen LogP contribution in [0, 0.1) is 13.8 Å². The molecule has 0 spiro atoms. The summed E-state index contributed by atoms with van der Waals surface area (Å²) in [4.78, 5) is 0.204. The number of rotatable bonds is 2. The first-order valence-electron chi connectivity index (χ1n) is 6.36. The number of fused-ring (bicyclic) bond motifs is 1. The van der Waals surface area contributed by atoms with Crippen molar-refractivity contribution < 1.29 is 8.42 Å². The number of benzene rings is 2. The maximum absolute atomic E-state index is 12.7. The summed E-state index contributed by atoms with van der Waals surface area (Å²) in [5.74, 6) is 0. The summed E-state index contributed by atoms with van der Waals surface area (Å²) in [5, 5.41) is 5.17. The van der Waals surface area contributed by atoms with E-state index < -0.39 is 10.0 Å². The van der Waals surface area contributed by atoms with Gasteiger partial charge in [0.15, 0.2) is 0 Å². The summed E-state index contributed by atoms with van der Waals surface area (Å²) in [7, 11) is -3.72. The zero-order valence-electron chi connectivity index (χ0n) is 11.5. The van der Waals surface area contributed by atoms with Crippen molar-refractivity contribution in [2.24, 2.45) is 0 Å². The number of aryl methyl sites for hydroxylation is 2. The van der Waals surface area contributed by atoms with E-state index in [1.54, 1.807) is 36.4 Å². The molecule has 4 nitrogen and oxygen atoms in total. The third-order valence-corrected chi connectivity index (χ3v) is 5.51. The number of hydrogen-bond acceptors (Lipinski definition) is 3. The van der Waals surface area contributed by atoms with Gasteiger partial charge in [0, 0.05) is 5.39 Å². The first-order valence-corrected chi connectivity index (χ1v) is 8.18. The predicted molar refractivity (Wildman–Crippen MR) is 83.2 cm³/mol. The Hall–Kier alpha value is -1.85. The Morgan fingerprint density at radius 1 is 1.05 bits per heavy atom. The molecule has 3 aromatic rings. The van der Waals surface area contributed by atoms with E-state index in [1.807, 2.05) is 13.8 Å². The van der Waals surface area contributed by atoms with Crippen LogP contribution in [0.3, 0.4) is 0 Å². The van der Waals surface area contributed by atoms with E-state index in [0.717, 1.165) is 15.2 Å². The lowest BCUT2D eigenvalue weighted by Crippen LogP contribution is -2.14. The van der Waals surface area contributed by atoms with Gasteiger partial charge in [-0.1, -0.05) is 35.4 Å². The van der Waals surface area contributed by atoms with Crippen molar-refractivity contribution in [1.82, 2.24) is 9.19 Å². The van der Waals surface area contributed by atoms with E-state index in [9.17, 15) is 8.42 Å². The van der Waals surface area contributed by atoms with Crippen LogP contribution in [0.25, 0.3) is 10.9 Å². The van der Waals surface area contributed by atoms with Crippen LogP contribution in [0.1, 0.15) is 11.1 Å². The highest BCUT2D eigenvalue weighted by atomic mass is 35.5. The third-order valence-electron chi connectivity index (χ3n) is 3.39. The third kappa shape index (κ3) is 2.22. The Bertz CT molecular complexity index is 928. The topological polar surface area (TPSA) is 52.0 Å². The lowest BCUT2D eigenvalue weighted by molar-refractivity contribution is 0.582. The normalized spacial score (nSPS) is 12.0. The fourth-order valence-corrected chi connectivity index (χ4v) is 3.63. The van der Waals surface area contributed by atoms with Crippen molar-refractivity contribution in [3.63, 3.8) is 0 Å². The van der Waals surface area contributed by atoms with Crippen LogP contribution in [0.15, 0.2) is 47.5 Å². The molecule has 0 bridgehead atoms. The van der Waals surface area contributed by atoms with Crippen LogP contribution in [0.4, 0.5) is 0 Å². The minimum absolute atomic E-state index is 0.204. The smallest absolute Gasteiger partial charge is 0.199 e. The van der Waals surface area contributed by atoms with Gasteiger partial charge in [-0.25, -0.2) is 0 Å². The van der Waals surface area contributed by atoms with Crippen molar-refractivity contribution in [2.75, 3.05) is 0 Å². The molecular weight excluding hydrogens is 308 g/mol. The number of nitrogens with zero attached hydrogens (tertiary/aromatic N) is 2. The van der Waals surface area contributed by atoms with Crippen LogP contribution in [-0.2, 0) is 10.0 Å². The minimum atomic E-state index is -3.72. The summed E-state index contributed by atoms with van der Waals surface area (Å²) in [6.45, 7) is 3.77. The maximum atomic E-state index is 12.7. The monoisotopic (exact) mass is 320 g/mol. The van der Waals surface area contributed by atoms with Gasteiger partial charge in [-0.3, -0.25) is 0 Å². The van der Waals surface area contributed by atoms with Gasteiger partial charge < -0.3 is 0 Å². The summed E-state index contributed by atoms with van der Waals surface area (Å²) >= 11 is 6.21. The standard InChI is InChI=1S/C15H13ClN2O2S/c1-10-3-6-12(7-4-10)21(19,20)18-14-8-5-11(2)15(16)13(14)9-17-18/h3-9H,1-2H3. The first-order chi connectivity index (χ1) is 9.91. The van der Waals surface area contributed by atoms with E-state index in [-0.39, 0.29) is 4.90 Å². The van der Waals surface area contributed by atoms with Crippen molar-refractivity contribution in [1.29, 1.82) is 0 Å². The lowest BCUT2D eigenvalue weighted by Gasteiger charge is -2.07. The van der Waals surface area contributed by atoms with E-state index in [4.69, 9.17) is 11.6 Å². The lowest BCUT2D eigenvalue weighted by atomic mass is 10.2. The van der Waals surface area contributed by atoms with Crippen LogP contribution < -0.4 is 0 Å². The minimum Gasteiger partial charge on any atom is -0.199 e. The number of hydrogen-bond donors (Lipinski definition) is 0. The van der Waals surface area contributed by atoms with Gasteiger partial charge in [0.25, 0.3) is 10.0 Å². The Labute approximate surface area is 128 Å². The molecule has 0 unspecified atom stereocenters. The molecular formula is C15H13ClN2O2S. The molecule has 0 saturated carbocycles. The molecule has 0 aliphatic carbocycles. The molecule has 0 fully saturated rings. The Morgan fingerprint density at radius 3 is 2.38 bits per heavy atom. The highest BCUT2D eigenvalue weighted by Crippen LogP contribution is 2.28. The molecule has 1 heterocycles. The molecule has 0 N–H and O–H groups in total. The van der Waals surface area contributed by atoms with E-state index in [0.29, 0.717) is 15.9 Å². The SMILES string of the molecule is Cc1ccc(S(=O)(=O)n2ncc3c(Cl)c(C)ccc32)cc1. The molecule has 6 heteroatoms. The van der Waals surface area contributed by atoms with Crippen molar-refractivity contribution in [2.45, 2.75) is 18.7 Å². The molecule has 1 aromatic heterocycles. The van der Waals surface area contributed by atoms with E-state index in [2.05, 4.69) is 5.10 Å². The van der Waals surface area contributed by atoms with E-state index >= 15 is 0 Å². The van der Waals surface area contributed by atoms with Crippen LogP contribution in [0.2, 0.25) is 5.02 Å². The highest BCUT2D eigenvalue weighted by Gasteiger charge is 2.21. The van der Waals surface area contributed by atoms with Crippen molar-refractivity contribution in [3.05, 3.63) is 58.7 Å². The molecule has 0 saturated heterocycles. The van der Waals surface area contributed by atoms with Gasteiger partial charge >= 0.3 is 0 Å². The Balaban J connectivity index is 2.25. The van der Waals surface area contributed by atoms with Gasteiger partial charge in [0.2, 0.25) is 0 Å². The molecule has 0 atom stereocenters. The average Bonchev–Trinajstić information content (AvgIpc) is 2.89. The molecule has 108 valence electrons. The van der Waals surface area contributed by atoms with Gasteiger partial charge in [-0.2, -0.15) is 17.6 Å². The average molecular weight is 321 g/mol. The van der Waals surface area contributed by atoms with Gasteiger partial charge in [0.05, 0.1) is 21.6 Å². The largest absolute Gasteiger partial charge is 0.283 e. The fraction of sp³-hybridized carbons (Fsp3) is 0.133. The number of aromatic nitrogens is 2. The molecule has 0 aliphatic heterocycles. The molecule has 0 radical (unpaired) electrons. The van der Waals surface area contributed by atoms with Gasteiger partial charge in [-0.15, -0.1) is 0 Å². The van der Waals surface area contributed by atoms with Gasteiger partial charge in [-0.05, 0) is 37.6 Å². The fourth-order valence-electron chi connectivity index (χ4n) is 2.16. The summed E-state index contributed by atoms with van der Waals surface area (Å²) < 4.78 is 26.4. The maximum Gasteiger partial charge on any atom is 0.283 e. The molecule has 21 heavy (non-hydrogen) atoms. The molecule has 3 rings (SSSR count). The number of halogens is 1. The van der Waals surface area contributed by atoms with Crippen LogP contribution in [-0.4, -0.2) is 17.6 Å². The second kappa shape index (κ2) is 4.86. The van der Waals surface area contributed by atoms with Crippen LogP contribution >= 0.6 is 11.6 Å².